The highest BCUT2D eigenvalue weighted by Gasteiger charge is 2.33. The van der Waals surface area contributed by atoms with E-state index < -0.39 is 23.5 Å². The standard InChI is InChI=1S/C42H51ClN2O6/c1-4-5-6-7-8-9-10-11-12-13-14-15-16-17-18-19-20-21-22-23-38(46)44-32-37(40(48)49)45-41(50)42(2,3)51-36-30-26-34(27-31-36)39(47)33-24-28-35(43)29-25-33/h5-6,8-9,11-12,14-15,17-18,20-21,24-31,37H,4,7,10,13,16,19,22-23,32H2,1-3H3,(H,44,46)(H,45,50)(H,48,49)/b6-5-,9-8-,12-11-,15-14-,18-17-,21-20-. The van der Waals surface area contributed by atoms with E-state index in [1.165, 1.54) is 13.8 Å². The number of rotatable bonds is 23. The molecule has 0 aliphatic rings. The maximum absolute atomic E-state index is 13.0. The molecule has 2 rings (SSSR count). The Morgan fingerprint density at radius 3 is 1.65 bits per heavy atom. The van der Waals surface area contributed by atoms with Crippen LogP contribution in [0.1, 0.15) is 88.1 Å². The highest BCUT2D eigenvalue weighted by molar-refractivity contribution is 6.30. The molecule has 8 nitrogen and oxygen atoms in total. The first-order valence-electron chi connectivity index (χ1n) is 17.3. The molecule has 0 saturated carbocycles. The Balaban J connectivity index is 1.66. The summed E-state index contributed by atoms with van der Waals surface area (Å²) >= 11 is 5.90. The average molecular weight is 715 g/mol. The summed E-state index contributed by atoms with van der Waals surface area (Å²) in [4.78, 5) is 49.8. The predicted molar refractivity (Wildman–Crippen MR) is 206 cm³/mol. The van der Waals surface area contributed by atoms with Gasteiger partial charge in [-0.05, 0) is 107 Å². The fraction of sp³-hybridized carbons (Fsp3) is 0.333. The Morgan fingerprint density at radius 2 is 1.18 bits per heavy atom. The molecule has 2 amide bonds. The van der Waals surface area contributed by atoms with Crippen molar-refractivity contribution in [2.24, 2.45) is 0 Å². The number of amides is 2. The van der Waals surface area contributed by atoms with E-state index in [2.05, 4.69) is 78.3 Å². The van der Waals surface area contributed by atoms with Gasteiger partial charge in [-0.25, -0.2) is 4.79 Å². The lowest BCUT2D eigenvalue weighted by molar-refractivity contribution is -0.145. The zero-order chi connectivity index (χ0) is 37.3. The predicted octanol–water partition coefficient (Wildman–Crippen LogP) is 8.89. The van der Waals surface area contributed by atoms with Crippen LogP contribution in [0.2, 0.25) is 5.02 Å². The van der Waals surface area contributed by atoms with Crippen LogP contribution in [0.25, 0.3) is 0 Å². The first kappa shape index (κ1) is 42.2. The van der Waals surface area contributed by atoms with E-state index in [9.17, 15) is 24.3 Å². The van der Waals surface area contributed by atoms with Crippen LogP contribution in [-0.4, -0.2) is 46.9 Å². The summed E-state index contributed by atoms with van der Waals surface area (Å²) < 4.78 is 5.83. The molecule has 0 saturated heterocycles. The summed E-state index contributed by atoms with van der Waals surface area (Å²) in [6.45, 7) is 4.85. The number of carboxylic acid groups (broad SMARTS) is 1. The molecule has 0 spiro atoms. The number of halogens is 1. The van der Waals surface area contributed by atoms with Gasteiger partial charge >= 0.3 is 5.97 Å². The van der Waals surface area contributed by atoms with Crippen LogP contribution in [0, 0.1) is 0 Å². The summed E-state index contributed by atoms with van der Waals surface area (Å²) in [5.41, 5.74) is -0.544. The number of carbonyl (C=O) groups excluding carboxylic acids is 3. The fourth-order valence-electron chi connectivity index (χ4n) is 4.47. The number of ketones is 1. The zero-order valence-electron chi connectivity index (χ0n) is 29.9. The number of benzene rings is 2. The van der Waals surface area contributed by atoms with Crippen LogP contribution >= 0.6 is 11.6 Å². The van der Waals surface area contributed by atoms with Crippen molar-refractivity contribution in [2.45, 2.75) is 83.8 Å². The molecule has 0 radical (unpaired) electrons. The van der Waals surface area contributed by atoms with Gasteiger partial charge in [-0.1, -0.05) is 91.4 Å². The van der Waals surface area contributed by atoms with Crippen molar-refractivity contribution in [3.05, 3.63) is 138 Å². The van der Waals surface area contributed by atoms with Crippen molar-refractivity contribution in [1.82, 2.24) is 10.6 Å². The second kappa shape index (κ2) is 24.2. The molecule has 272 valence electrons. The molecule has 3 N–H and O–H groups in total. The van der Waals surface area contributed by atoms with Crippen LogP contribution in [0.15, 0.2) is 121 Å². The topological polar surface area (TPSA) is 122 Å². The maximum atomic E-state index is 13.0. The normalized spacial score (nSPS) is 12.9. The van der Waals surface area contributed by atoms with Crippen LogP contribution < -0.4 is 15.4 Å². The average Bonchev–Trinajstić information content (AvgIpc) is 3.11. The van der Waals surface area contributed by atoms with Gasteiger partial charge in [0, 0.05) is 29.1 Å². The molecule has 0 heterocycles. The zero-order valence-corrected chi connectivity index (χ0v) is 30.6. The van der Waals surface area contributed by atoms with Gasteiger partial charge in [0.15, 0.2) is 11.4 Å². The summed E-state index contributed by atoms with van der Waals surface area (Å²) in [5.74, 6) is -2.17. The summed E-state index contributed by atoms with van der Waals surface area (Å²) in [6.07, 6.45) is 31.6. The molecule has 0 aliphatic carbocycles. The second-order valence-electron chi connectivity index (χ2n) is 12.1. The molecule has 0 aliphatic heterocycles. The Morgan fingerprint density at radius 1 is 0.725 bits per heavy atom. The van der Waals surface area contributed by atoms with Crippen LogP contribution in [-0.2, 0) is 14.4 Å². The Hall–Kier alpha value is -4.95. The number of carbonyl (C=O) groups is 4. The largest absolute Gasteiger partial charge is 0.480 e. The van der Waals surface area contributed by atoms with Crippen molar-refractivity contribution >= 4 is 35.2 Å². The van der Waals surface area contributed by atoms with Gasteiger partial charge in [0.1, 0.15) is 11.8 Å². The lowest BCUT2D eigenvalue weighted by Crippen LogP contribution is -2.55. The van der Waals surface area contributed by atoms with Crippen molar-refractivity contribution in [3.8, 4) is 5.75 Å². The monoisotopic (exact) mass is 714 g/mol. The van der Waals surface area contributed by atoms with Gasteiger partial charge in [-0.15, -0.1) is 0 Å². The van der Waals surface area contributed by atoms with E-state index in [1.807, 2.05) is 12.2 Å². The number of ether oxygens (including phenoxy) is 1. The molecular weight excluding hydrogens is 664 g/mol. The Bertz CT molecular complexity index is 1570. The van der Waals surface area contributed by atoms with E-state index in [4.69, 9.17) is 16.3 Å². The number of hydrogen-bond donors (Lipinski definition) is 3. The van der Waals surface area contributed by atoms with Crippen molar-refractivity contribution < 1.29 is 29.0 Å². The molecule has 2 aromatic carbocycles. The lowest BCUT2D eigenvalue weighted by Gasteiger charge is -2.27. The molecule has 0 aromatic heterocycles. The van der Waals surface area contributed by atoms with Gasteiger partial charge < -0.3 is 20.5 Å². The molecule has 0 fully saturated rings. The summed E-state index contributed by atoms with van der Waals surface area (Å²) in [5, 5.41) is 15.2. The minimum atomic E-state index is -1.45. The number of carboxylic acids is 1. The fourth-order valence-corrected chi connectivity index (χ4v) is 4.60. The Labute approximate surface area is 307 Å². The minimum Gasteiger partial charge on any atom is -0.480 e. The third kappa shape index (κ3) is 18.0. The van der Waals surface area contributed by atoms with Gasteiger partial charge in [0.2, 0.25) is 5.91 Å². The van der Waals surface area contributed by atoms with Crippen molar-refractivity contribution in [3.63, 3.8) is 0 Å². The molecule has 2 aromatic rings. The molecule has 1 atom stereocenters. The van der Waals surface area contributed by atoms with Crippen molar-refractivity contribution in [1.29, 1.82) is 0 Å². The quantitative estimate of drug-likeness (QED) is 0.0781. The maximum Gasteiger partial charge on any atom is 0.328 e. The molecule has 1 unspecified atom stereocenters. The third-order valence-electron chi connectivity index (χ3n) is 7.38. The van der Waals surface area contributed by atoms with Gasteiger partial charge in [-0.2, -0.15) is 0 Å². The first-order valence-corrected chi connectivity index (χ1v) is 17.7. The van der Waals surface area contributed by atoms with Crippen LogP contribution in [0.4, 0.5) is 0 Å². The molecule has 9 heteroatoms. The van der Waals surface area contributed by atoms with E-state index in [-0.39, 0.29) is 24.7 Å². The Kier molecular flexibility index (Phi) is 20.1. The summed E-state index contributed by atoms with van der Waals surface area (Å²) in [7, 11) is 0. The molecular formula is C42H51ClN2O6. The number of hydrogen-bond acceptors (Lipinski definition) is 5. The highest BCUT2D eigenvalue weighted by Crippen LogP contribution is 2.21. The number of aliphatic carboxylic acids is 1. The third-order valence-corrected chi connectivity index (χ3v) is 7.64. The molecule has 0 bridgehead atoms. The van der Waals surface area contributed by atoms with E-state index in [1.54, 1.807) is 48.5 Å². The van der Waals surface area contributed by atoms with Gasteiger partial charge in [0.05, 0.1) is 0 Å². The van der Waals surface area contributed by atoms with Crippen LogP contribution in [0.3, 0.4) is 0 Å². The van der Waals surface area contributed by atoms with Gasteiger partial charge in [0.25, 0.3) is 5.91 Å². The first-order chi connectivity index (χ1) is 24.5. The minimum absolute atomic E-state index is 0.188. The summed E-state index contributed by atoms with van der Waals surface area (Å²) in [6, 6.07) is 11.5. The van der Waals surface area contributed by atoms with E-state index in [0.29, 0.717) is 28.3 Å². The lowest BCUT2D eigenvalue weighted by atomic mass is 10.0. The van der Waals surface area contributed by atoms with Crippen LogP contribution in [0.5, 0.6) is 5.75 Å². The number of nitrogens with one attached hydrogen (secondary N) is 2. The smallest absolute Gasteiger partial charge is 0.328 e. The second-order valence-corrected chi connectivity index (χ2v) is 12.5. The van der Waals surface area contributed by atoms with Crippen molar-refractivity contribution in [2.75, 3.05) is 6.54 Å². The highest BCUT2D eigenvalue weighted by atomic mass is 35.5. The number of allylic oxidation sites excluding steroid dienone is 12. The van der Waals surface area contributed by atoms with E-state index >= 15 is 0 Å². The van der Waals surface area contributed by atoms with Gasteiger partial charge in [-0.3, -0.25) is 14.4 Å². The van der Waals surface area contributed by atoms with E-state index in [0.717, 1.165) is 38.5 Å². The molecule has 51 heavy (non-hydrogen) atoms. The SMILES string of the molecule is CC/C=C\C/C=C\C/C=C\C/C=C\C/C=C\C/C=C\CCC(=O)NCC(NC(=O)C(C)(C)Oc1ccc(C(=O)c2ccc(Cl)cc2)cc1)C(=O)O.